The van der Waals surface area contributed by atoms with Crippen LogP contribution in [0.3, 0.4) is 0 Å². The summed E-state index contributed by atoms with van der Waals surface area (Å²) >= 11 is 1.86. The Morgan fingerprint density at radius 2 is 0.881 bits per heavy atom. The van der Waals surface area contributed by atoms with Gasteiger partial charge in [0.15, 0.2) is 0 Å². The zero-order valence-corrected chi connectivity index (χ0v) is 23.8. The van der Waals surface area contributed by atoms with Gasteiger partial charge in [-0.2, -0.15) is 0 Å². The third-order valence-electron chi connectivity index (χ3n) is 8.04. The molecule has 8 aromatic rings. The maximum atomic E-state index is 2.35. The molecule has 0 N–H and O–H groups in total. The summed E-state index contributed by atoms with van der Waals surface area (Å²) < 4.78 is 2.68. The molecule has 8 rings (SSSR count). The summed E-state index contributed by atoms with van der Waals surface area (Å²) in [4.78, 5) is 2.33. The number of thiophene rings is 1. The summed E-state index contributed by atoms with van der Waals surface area (Å²) in [7, 11) is 0. The van der Waals surface area contributed by atoms with Gasteiger partial charge in [0, 0.05) is 37.2 Å². The minimum absolute atomic E-state index is 1.13. The molecule has 0 saturated heterocycles. The third-order valence-corrected chi connectivity index (χ3v) is 9.19. The van der Waals surface area contributed by atoms with Crippen LogP contribution in [0.4, 0.5) is 17.1 Å². The van der Waals surface area contributed by atoms with E-state index in [0.29, 0.717) is 0 Å². The first-order chi connectivity index (χ1) is 20.8. The van der Waals surface area contributed by atoms with E-state index >= 15 is 0 Å². The average Bonchev–Trinajstić information content (AvgIpc) is 3.44. The van der Waals surface area contributed by atoms with Crippen LogP contribution in [-0.2, 0) is 0 Å². The zero-order valence-electron chi connectivity index (χ0n) is 22.9. The lowest BCUT2D eigenvalue weighted by atomic mass is 9.99. The van der Waals surface area contributed by atoms with Gasteiger partial charge in [-0.05, 0) is 93.7 Å². The SMILES string of the molecule is c1ccc(-c2ccc(N(c3ccccc3)c3ccc4cc(-c5ccc6sc7ccccc7c6c5)ccc4c3)cc2)cc1. The molecule has 1 nitrogen and oxygen atoms in total. The lowest BCUT2D eigenvalue weighted by Gasteiger charge is -2.26. The highest BCUT2D eigenvalue weighted by Crippen LogP contribution is 2.39. The van der Waals surface area contributed by atoms with E-state index in [9.17, 15) is 0 Å². The quantitative estimate of drug-likeness (QED) is 0.205. The van der Waals surface area contributed by atoms with Crippen LogP contribution in [-0.4, -0.2) is 0 Å². The van der Waals surface area contributed by atoms with E-state index in [4.69, 9.17) is 0 Å². The van der Waals surface area contributed by atoms with E-state index in [1.807, 2.05) is 11.3 Å². The lowest BCUT2D eigenvalue weighted by molar-refractivity contribution is 1.29. The lowest BCUT2D eigenvalue weighted by Crippen LogP contribution is -2.09. The van der Waals surface area contributed by atoms with E-state index in [-0.39, 0.29) is 0 Å². The first-order valence-electron chi connectivity index (χ1n) is 14.3. The third kappa shape index (κ3) is 4.43. The van der Waals surface area contributed by atoms with Crippen molar-refractivity contribution < 1.29 is 0 Å². The second kappa shape index (κ2) is 10.3. The molecular weight excluding hydrogens is 527 g/mol. The van der Waals surface area contributed by atoms with Crippen molar-refractivity contribution in [3.8, 4) is 22.3 Å². The van der Waals surface area contributed by atoms with Crippen molar-refractivity contribution in [2.45, 2.75) is 0 Å². The van der Waals surface area contributed by atoms with Crippen LogP contribution in [0.5, 0.6) is 0 Å². The maximum absolute atomic E-state index is 2.35. The van der Waals surface area contributed by atoms with E-state index in [2.05, 4.69) is 169 Å². The van der Waals surface area contributed by atoms with Gasteiger partial charge in [-0.3, -0.25) is 0 Å². The molecule has 0 aliphatic carbocycles. The molecule has 1 heterocycles. The largest absolute Gasteiger partial charge is 0.310 e. The molecule has 0 atom stereocenters. The number of para-hydroxylation sites is 1. The summed E-state index contributed by atoms with van der Waals surface area (Å²) in [5, 5.41) is 5.13. The molecule has 1 aromatic heterocycles. The van der Waals surface area contributed by atoms with E-state index in [0.717, 1.165) is 17.1 Å². The van der Waals surface area contributed by atoms with Crippen LogP contribution in [0.1, 0.15) is 0 Å². The molecule has 0 saturated carbocycles. The second-order valence-corrected chi connectivity index (χ2v) is 11.7. The molecule has 0 fully saturated rings. The number of anilines is 3. The van der Waals surface area contributed by atoms with Gasteiger partial charge < -0.3 is 4.90 Å². The molecule has 0 radical (unpaired) electrons. The maximum Gasteiger partial charge on any atom is 0.0468 e. The van der Waals surface area contributed by atoms with E-state index in [1.54, 1.807) is 0 Å². The number of benzene rings is 7. The van der Waals surface area contributed by atoms with Crippen LogP contribution in [0.2, 0.25) is 0 Å². The Balaban J connectivity index is 1.18. The van der Waals surface area contributed by atoms with Crippen molar-refractivity contribution in [1.82, 2.24) is 0 Å². The topological polar surface area (TPSA) is 3.24 Å². The smallest absolute Gasteiger partial charge is 0.0468 e. The molecule has 0 bridgehead atoms. The molecule has 0 unspecified atom stereocenters. The van der Waals surface area contributed by atoms with E-state index in [1.165, 1.54) is 53.2 Å². The highest BCUT2D eigenvalue weighted by molar-refractivity contribution is 7.25. The first-order valence-corrected chi connectivity index (χ1v) is 15.1. The van der Waals surface area contributed by atoms with Crippen molar-refractivity contribution in [3.63, 3.8) is 0 Å². The Labute approximate surface area is 249 Å². The molecule has 2 heteroatoms. The summed E-state index contributed by atoms with van der Waals surface area (Å²) in [6.07, 6.45) is 0. The summed E-state index contributed by atoms with van der Waals surface area (Å²) in [5.74, 6) is 0. The number of rotatable bonds is 5. The first kappa shape index (κ1) is 24.6. The Kier molecular flexibility index (Phi) is 6.05. The molecular formula is C40H27NS. The highest BCUT2D eigenvalue weighted by atomic mass is 32.1. The molecule has 0 aliphatic heterocycles. The Morgan fingerprint density at radius 1 is 0.333 bits per heavy atom. The van der Waals surface area contributed by atoms with Crippen LogP contribution >= 0.6 is 11.3 Å². The van der Waals surface area contributed by atoms with Gasteiger partial charge in [-0.25, -0.2) is 0 Å². The van der Waals surface area contributed by atoms with Crippen LogP contribution in [0.15, 0.2) is 164 Å². The normalized spacial score (nSPS) is 11.3. The fraction of sp³-hybridized carbons (Fsp3) is 0. The standard InChI is InChI=1S/C40H27NS/c1-3-9-28(10-4-1)29-17-21-35(22-18-29)41(34-11-5-2-6-12-34)36-23-19-31-25-30(15-16-32(31)26-36)33-20-24-40-38(27-33)37-13-7-8-14-39(37)42-40/h1-27H. The van der Waals surface area contributed by atoms with Crippen molar-refractivity contribution in [1.29, 1.82) is 0 Å². The van der Waals surface area contributed by atoms with Crippen molar-refractivity contribution in [2.75, 3.05) is 4.90 Å². The fourth-order valence-corrected chi connectivity index (χ4v) is 7.00. The molecule has 198 valence electrons. The minimum atomic E-state index is 1.13. The fourth-order valence-electron chi connectivity index (χ4n) is 5.92. The molecule has 42 heavy (non-hydrogen) atoms. The van der Waals surface area contributed by atoms with Gasteiger partial charge in [0.2, 0.25) is 0 Å². The Bertz CT molecular complexity index is 2180. The Morgan fingerprint density at radius 3 is 1.71 bits per heavy atom. The summed E-state index contributed by atoms with van der Waals surface area (Å²) in [6, 6.07) is 59.2. The van der Waals surface area contributed by atoms with Gasteiger partial charge in [0.05, 0.1) is 0 Å². The number of hydrogen-bond donors (Lipinski definition) is 0. The molecule has 0 amide bonds. The second-order valence-electron chi connectivity index (χ2n) is 10.6. The van der Waals surface area contributed by atoms with Crippen molar-refractivity contribution in [3.05, 3.63) is 164 Å². The van der Waals surface area contributed by atoms with Crippen LogP contribution in [0.25, 0.3) is 53.2 Å². The summed E-state index contributed by atoms with van der Waals surface area (Å²) in [6.45, 7) is 0. The van der Waals surface area contributed by atoms with Crippen LogP contribution < -0.4 is 4.90 Å². The zero-order chi connectivity index (χ0) is 27.9. The predicted molar refractivity (Wildman–Crippen MR) is 182 cm³/mol. The van der Waals surface area contributed by atoms with Gasteiger partial charge in [0.1, 0.15) is 0 Å². The van der Waals surface area contributed by atoms with Gasteiger partial charge >= 0.3 is 0 Å². The Hall–Kier alpha value is -5.18. The van der Waals surface area contributed by atoms with Crippen molar-refractivity contribution >= 4 is 59.3 Å². The van der Waals surface area contributed by atoms with Gasteiger partial charge in [0.25, 0.3) is 0 Å². The minimum Gasteiger partial charge on any atom is -0.310 e. The van der Waals surface area contributed by atoms with Crippen molar-refractivity contribution in [2.24, 2.45) is 0 Å². The molecule has 7 aromatic carbocycles. The average molecular weight is 554 g/mol. The van der Waals surface area contributed by atoms with E-state index < -0.39 is 0 Å². The van der Waals surface area contributed by atoms with Gasteiger partial charge in [-0.1, -0.05) is 103 Å². The van der Waals surface area contributed by atoms with Crippen LogP contribution in [0, 0.1) is 0 Å². The number of nitrogens with zero attached hydrogens (tertiary/aromatic N) is 1. The molecule has 0 spiro atoms. The monoisotopic (exact) mass is 553 g/mol. The predicted octanol–water partition coefficient (Wildman–Crippen LogP) is 12.0. The number of fused-ring (bicyclic) bond motifs is 4. The highest BCUT2D eigenvalue weighted by Gasteiger charge is 2.14. The number of hydrogen-bond acceptors (Lipinski definition) is 2. The van der Waals surface area contributed by atoms with Gasteiger partial charge in [-0.15, -0.1) is 11.3 Å². The molecule has 0 aliphatic rings. The summed E-state index contributed by atoms with van der Waals surface area (Å²) in [5.41, 5.74) is 8.34.